The number of carbonyl (C=O) groups is 1. The van der Waals surface area contributed by atoms with E-state index in [0.29, 0.717) is 0 Å². The fraction of sp³-hybridized carbons (Fsp3) is 0.250. The molecule has 112 valence electrons. The molecule has 0 aliphatic heterocycles. The predicted molar refractivity (Wildman–Crippen MR) is 65.0 cm³/mol. The van der Waals surface area contributed by atoms with E-state index in [1.54, 1.807) is 6.92 Å². The van der Waals surface area contributed by atoms with E-state index in [1.807, 2.05) is 0 Å². The van der Waals surface area contributed by atoms with Crippen LogP contribution in [0.1, 0.15) is 23.1 Å². The molecule has 0 atom stereocenters. The number of esters is 1. The summed E-state index contributed by atoms with van der Waals surface area (Å²) in [6.07, 6.45) is -2.44. The van der Waals surface area contributed by atoms with Crippen molar-refractivity contribution >= 4 is 17.7 Å². The highest BCUT2D eigenvalue weighted by Gasteiger charge is 2.32. The van der Waals surface area contributed by atoms with Crippen LogP contribution in [0, 0.1) is 0 Å². The van der Waals surface area contributed by atoms with Crippen molar-refractivity contribution in [2.45, 2.75) is 13.1 Å². The first kappa shape index (κ1) is 14.8. The van der Waals surface area contributed by atoms with Crippen LogP contribution in [-0.4, -0.2) is 22.5 Å². The van der Waals surface area contributed by atoms with E-state index in [0.717, 1.165) is 18.5 Å². The van der Waals surface area contributed by atoms with Crippen LogP contribution >= 0.6 is 0 Å². The minimum atomic E-state index is -4.50. The van der Waals surface area contributed by atoms with Gasteiger partial charge in [-0.25, -0.2) is 9.78 Å². The minimum Gasteiger partial charge on any atom is -0.461 e. The van der Waals surface area contributed by atoms with E-state index in [-0.39, 0.29) is 24.0 Å². The summed E-state index contributed by atoms with van der Waals surface area (Å²) in [7, 11) is 0. The largest absolute Gasteiger partial charge is 0.461 e. The molecule has 6 nitrogen and oxygen atoms in total. The van der Waals surface area contributed by atoms with Gasteiger partial charge >= 0.3 is 12.1 Å². The summed E-state index contributed by atoms with van der Waals surface area (Å²) in [6.45, 7) is 1.84. The van der Waals surface area contributed by atoms with Crippen molar-refractivity contribution in [2.75, 3.05) is 11.9 Å². The lowest BCUT2D eigenvalue weighted by atomic mass is 10.3. The maximum absolute atomic E-state index is 12.3. The molecular weight excluding hydrogens is 291 g/mol. The van der Waals surface area contributed by atoms with Gasteiger partial charge in [0, 0.05) is 0 Å². The molecule has 9 heteroatoms. The first-order chi connectivity index (χ1) is 9.90. The van der Waals surface area contributed by atoms with Crippen molar-refractivity contribution in [1.82, 2.24) is 9.97 Å². The first-order valence-corrected chi connectivity index (χ1v) is 5.83. The maximum atomic E-state index is 12.3. The Morgan fingerprint density at radius 2 is 2.19 bits per heavy atom. The van der Waals surface area contributed by atoms with Gasteiger partial charge in [0.2, 0.25) is 0 Å². The van der Waals surface area contributed by atoms with E-state index in [1.165, 1.54) is 6.07 Å². The summed E-state index contributed by atoms with van der Waals surface area (Å²) in [5.74, 6) is -0.653. The van der Waals surface area contributed by atoms with Crippen LogP contribution in [0.15, 0.2) is 29.0 Å². The second-order valence-corrected chi connectivity index (χ2v) is 3.81. The zero-order chi connectivity index (χ0) is 15.5. The summed E-state index contributed by atoms with van der Waals surface area (Å²) < 4.78 is 46.7. The second-order valence-electron chi connectivity index (χ2n) is 3.81. The number of hydrogen-bond donors (Lipinski definition) is 1. The number of halogens is 3. The number of carbonyl (C=O) groups excluding carboxylic acids is 1. The van der Waals surface area contributed by atoms with Gasteiger partial charge in [-0.2, -0.15) is 18.2 Å². The monoisotopic (exact) mass is 301 g/mol. The Labute approximate surface area is 117 Å². The van der Waals surface area contributed by atoms with Gasteiger partial charge in [-0.3, -0.25) is 0 Å². The van der Waals surface area contributed by atoms with Crippen molar-refractivity contribution < 1.29 is 27.1 Å². The topological polar surface area (TPSA) is 77.2 Å². The molecule has 0 saturated heterocycles. The molecule has 21 heavy (non-hydrogen) atoms. The van der Waals surface area contributed by atoms with Crippen LogP contribution < -0.4 is 5.32 Å². The van der Waals surface area contributed by atoms with Crippen LogP contribution in [0.3, 0.4) is 0 Å². The highest BCUT2D eigenvalue weighted by molar-refractivity contribution is 5.87. The molecule has 2 aromatic rings. The molecule has 0 saturated carbocycles. The molecular formula is C12H10F3N3O3. The SMILES string of the molecule is CCOC(=O)c1coc(Nc2ccc(C(F)(F)F)nc2)n1. The van der Waals surface area contributed by atoms with Gasteiger partial charge in [0.25, 0.3) is 6.01 Å². The Morgan fingerprint density at radius 1 is 1.43 bits per heavy atom. The Hall–Kier alpha value is -2.58. The van der Waals surface area contributed by atoms with E-state index in [4.69, 9.17) is 9.15 Å². The molecule has 0 aliphatic carbocycles. The van der Waals surface area contributed by atoms with Crippen LogP contribution in [0.4, 0.5) is 24.9 Å². The lowest BCUT2D eigenvalue weighted by Gasteiger charge is -2.06. The number of aromatic nitrogens is 2. The zero-order valence-corrected chi connectivity index (χ0v) is 10.8. The Bertz CT molecular complexity index is 623. The first-order valence-electron chi connectivity index (χ1n) is 5.83. The van der Waals surface area contributed by atoms with Crippen molar-refractivity contribution in [3.05, 3.63) is 36.0 Å². The van der Waals surface area contributed by atoms with Gasteiger partial charge in [-0.05, 0) is 19.1 Å². The Morgan fingerprint density at radius 3 is 2.76 bits per heavy atom. The lowest BCUT2D eigenvalue weighted by Crippen LogP contribution is -2.07. The predicted octanol–water partition coefficient (Wildman–Crippen LogP) is 3.01. The van der Waals surface area contributed by atoms with Crippen molar-refractivity contribution in [3.63, 3.8) is 0 Å². The van der Waals surface area contributed by atoms with Gasteiger partial charge in [0.15, 0.2) is 5.69 Å². The quantitative estimate of drug-likeness (QED) is 0.875. The Kier molecular flexibility index (Phi) is 4.10. The van der Waals surface area contributed by atoms with E-state index >= 15 is 0 Å². The molecule has 0 bridgehead atoms. The van der Waals surface area contributed by atoms with E-state index in [2.05, 4.69) is 15.3 Å². The molecule has 0 aliphatic rings. The number of nitrogens with zero attached hydrogens (tertiary/aromatic N) is 2. The molecule has 0 spiro atoms. The Balaban J connectivity index is 2.07. The molecule has 2 heterocycles. The van der Waals surface area contributed by atoms with Crippen LogP contribution in [0.5, 0.6) is 0 Å². The van der Waals surface area contributed by atoms with Crippen molar-refractivity contribution in [1.29, 1.82) is 0 Å². The van der Waals surface area contributed by atoms with Gasteiger partial charge in [-0.1, -0.05) is 0 Å². The smallest absolute Gasteiger partial charge is 0.433 e. The number of rotatable bonds is 4. The summed E-state index contributed by atoms with van der Waals surface area (Å²) in [4.78, 5) is 18.4. The third-order valence-electron chi connectivity index (χ3n) is 2.29. The highest BCUT2D eigenvalue weighted by Crippen LogP contribution is 2.28. The molecule has 0 amide bonds. The average Bonchev–Trinajstić information content (AvgIpc) is 2.87. The van der Waals surface area contributed by atoms with Crippen molar-refractivity contribution in [2.24, 2.45) is 0 Å². The van der Waals surface area contributed by atoms with Crippen LogP contribution in [-0.2, 0) is 10.9 Å². The molecule has 0 radical (unpaired) electrons. The van der Waals surface area contributed by atoms with E-state index in [9.17, 15) is 18.0 Å². The number of nitrogens with one attached hydrogen (secondary N) is 1. The summed E-state index contributed by atoms with van der Waals surface area (Å²) in [5, 5.41) is 2.58. The average molecular weight is 301 g/mol. The summed E-state index contributed by atoms with van der Waals surface area (Å²) in [5.41, 5.74) is -0.813. The second kappa shape index (κ2) is 5.81. The maximum Gasteiger partial charge on any atom is 0.433 e. The number of hydrogen-bond acceptors (Lipinski definition) is 6. The van der Waals surface area contributed by atoms with Crippen LogP contribution in [0.25, 0.3) is 0 Å². The third-order valence-corrected chi connectivity index (χ3v) is 2.29. The fourth-order valence-corrected chi connectivity index (χ4v) is 1.39. The summed E-state index contributed by atoms with van der Waals surface area (Å²) >= 11 is 0. The zero-order valence-electron chi connectivity index (χ0n) is 10.8. The normalized spacial score (nSPS) is 11.2. The highest BCUT2D eigenvalue weighted by atomic mass is 19.4. The third kappa shape index (κ3) is 3.71. The molecule has 1 N–H and O–H groups in total. The van der Waals surface area contributed by atoms with E-state index < -0.39 is 17.8 Å². The molecule has 2 aromatic heterocycles. The standard InChI is InChI=1S/C12H10F3N3O3/c1-2-20-10(19)8-6-21-11(18-8)17-7-3-4-9(16-5-7)12(13,14)15/h3-6H,2H2,1H3,(H,17,18). The van der Waals surface area contributed by atoms with Gasteiger partial charge in [-0.15, -0.1) is 0 Å². The fourth-order valence-electron chi connectivity index (χ4n) is 1.39. The van der Waals surface area contributed by atoms with Gasteiger partial charge < -0.3 is 14.5 Å². The lowest BCUT2D eigenvalue weighted by molar-refractivity contribution is -0.141. The number of oxazole rings is 1. The van der Waals surface area contributed by atoms with Gasteiger partial charge in [0.05, 0.1) is 18.5 Å². The molecule has 0 fully saturated rings. The number of ether oxygens (including phenoxy) is 1. The van der Waals surface area contributed by atoms with Gasteiger partial charge in [0.1, 0.15) is 12.0 Å². The molecule has 0 unspecified atom stereocenters. The number of anilines is 2. The summed E-state index contributed by atoms with van der Waals surface area (Å²) in [6, 6.07) is 1.93. The van der Waals surface area contributed by atoms with Crippen LogP contribution in [0.2, 0.25) is 0 Å². The minimum absolute atomic E-state index is 0.0424. The number of pyridine rings is 1. The molecule has 0 aromatic carbocycles. The van der Waals surface area contributed by atoms with Crippen molar-refractivity contribution in [3.8, 4) is 0 Å². The molecule has 2 rings (SSSR count). The number of alkyl halides is 3.